The van der Waals surface area contributed by atoms with Gasteiger partial charge in [-0.1, -0.05) is 6.92 Å². The molecule has 106 valence electrons. The third kappa shape index (κ3) is 2.82. The fraction of sp³-hybridized carbons (Fsp3) is 0.308. The van der Waals surface area contributed by atoms with Crippen LogP contribution in [0.25, 0.3) is 10.9 Å². The number of anilines is 1. The van der Waals surface area contributed by atoms with Crippen LogP contribution >= 0.6 is 11.8 Å². The Morgan fingerprint density at radius 2 is 2.30 bits per heavy atom. The van der Waals surface area contributed by atoms with E-state index in [1.807, 2.05) is 13.2 Å². The maximum Gasteiger partial charge on any atom is 0.258 e. The molecule has 2 aromatic rings. The number of nitrogens with zero attached hydrogens (tertiary/aromatic N) is 1. The average molecular weight is 295 g/mol. The van der Waals surface area contributed by atoms with E-state index < -0.39 is 5.82 Å². The van der Waals surface area contributed by atoms with Gasteiger partial charge >= 0.3 is 0 Å². The normalized spacial score (nSPS) is 12.3. The zero-order chi connectivity index (χ0) is 14.7. The Morgan fingerprint density at radius 1 is 1.55 bits per heavy atom. The Bertz CT molecular complexity index is 698. The SMILES string of the molecule is CCC(SC)C(=O)Nc1cc2c(=O)[nH]cnc2cc1F. The van der Waals surface area contributed by atoms with Crippen LogP contribution in [0.1, 0.15) is 13.3 Å². The number of carbonyl (C=O) groups excluding carboxylic acids is 1. The summed E-state index contributed by atoms with van der Waals surface area (Å²) in [4.78, 5) is 29.9. The maximum absolute atomic E-state index is 13.9. The van der Waals surface area contributed by atoms with Crippen molar-refractivity contribution in [1.29, 1.82) is 0 Å². The predicted octanol–water partition coefficient (Wildman–Crippen LogP) is 2.14. The number of carbonyl (C=O) groups is 1. The van der Waals surface area contributed by atoms with Gasteiger partial charge in [-0.3, -0.25) is 9.59 Å². The molecule has 0 spiro atoms. The highest BCUT2D eigenvalue weighted by atomic mass is 32.2. The maximum atomic E-state index is 13.9. The van der Waals surface area contributed by atoms with E-state index in [0.29, 0.717) is 6.42 Å². The fourth-order valence-corrected chi connectivity index (χ4v) is 2.46. The standard InChI is InChI=1S/C13H14FN3O2S/c1-3-11(20-2)13(19)17-10-4-7-9(5-8(10)14)15-6-16-12(7)18/h4-6,11H,3H2,1-2H3,(H,17,19)(H,15,16,18). The molecule has 7 heteroatoms. The number of halogens is 1. The highest BCUT2D eigenvalue weighted by Gasteiger charge is 2.17. The second kappa shape index (κ2) is 6.04. The first-order valence-electron chi connectivity index (χ1n) is 6.07. The zero-order valence-electron chi connectivity index (χ0n) is 11.1. The van der Waals surface area contributed by atoms with Crippen LogP contribution in [-0.4, -0.2) is 27.4 Å². The van der Waals surface area contributed by atoms with Crippen molar-refractivity contribution in [3.8, 4) is 0 Å². The Morgan fingerprint density at radius 3 is 2.95 bits per heavy atom. The predicted molar refractivity (Wildman–Crippen MR) is 78.5 cm³/mol. The largest absolute Gasteiger partial charge is 0.323 e. The van der Waals surface area contributed by atoms with Gasteiger partial charge in [-0.2, -0.15) is 11.8 Å². The summed E-state index contributed by atoms with van der Waals surface area (Å²) in [6, 6.07) is 2.45. The molecule has 1 aromatic heterocycles. The number of H-pyrrole nitrogens is 1. The van der Waals surface area contributed by atoms with Gasteiger partial charge in [0.1, 0.15) is 5.82 Å². The van der Waals surface area contributed by atoms with Crippen molar-refractivity contribution < 1.29 is 9.18 Å². The van der Waals surface area contributed by atoms with E-state index in [4.69, 9.17) is 0 Å². The molecule has 1 heterocycles. The van der Waals surface area contributed by atoms with E-state index in [0.717, 1.165) is 6.07 Å². The number of benzene rings is 1. The lowest BCUT2D eigenvalue weighted by atomic mass is 10.2. The molecule has 1 unspecified atom stereocenters. The average Bonchev–Trinajstić information content (AvgIpc) is 2.42. The molecule has 1 atom stereocenters. The number of hydrogen-bond acceptors (Lipinski definition) is 4. The van der Waals surface area contributed by atoms with Crippen LogP contribution < -0.4 is 10.9 Å². The van der Waals surface area contributed by atoms with Crippen LogP contribution in [0.15, 0.2) is 23.3 Å². The van der Waals surface area contributed by atoms with Crippen molar-refractivity contribution in [3.63, 3.8) is 0 Å². The molecule has 1 amide bonds. The van der Waals surface area contributed by atoms with Crippen molar-refractivity contribution in [3.05, 3.63) is 34.6 Å². The number of rotatable bonds is 4. The topological polar surface area (TPSA) is 74.8 Å². The molecule has 0 bridgehead atoms. The molecular weight excluding hydrogens is 281 g/mol. The van der Waals surface area contributed by atoms with Gasteiger partial charge in [0.25, 0.3) is 5.56 Å². The summed E-state index contributed by atoms with van der Waals surface area (Å²) in [7, 11) is 0. The molecule has 2 rings (SSSR count). The summed E-state index contributed by atoms with van der Waals surface area (Å²) >= 11 is 1.40. The zero-order valence-corrected chi connectivity index (χ0v) is 11.9. The first-order valence-corrected chi connectivity index (χ1v) is 7.36. The number of aromatic amines is 1. The third-order valence-electron chi connectivity index (χ3n) is 2.93. The minimum Gasteiger partial charge on any atom is -0.323 e. The lowest BCUT2D eigenvalue weighted by Crippen LogP contribution is -2.25. The summed E-state index contributed by atoms with van der Waals surface area (Å²) < 4.78 is 13.9. The van der Waals surface area contributed by atoms with Crippen LogP contribution in [0, 0.1) is 5.82 Å². The first kappa shape index (κ1) is 14.5. The highest BCUT2D eigenvalue weighted by molar-refractivity contribution is 7.99. The molecule has 0 aliphatic heterocycles. The summed E-state index contributed by atoms with van der Waals surface area (Å²) in [6.07, 6.45) is 3.67. The lowest BCUT2D eigenvalue weighted by Gasteiger charge is -2.13. The number of fused-ring (bicyclic) bond motifs is 1. The van der Waals surface area contributed by atoms with Gasteiger partial charge in [-0.05, 0) is 18.7 Å². The molecule has 5 nitrogen and oxygen atoms in total. The minimum atomic E-state index is -0.611. The quantitative estimate of drug-likeness (QED) is 0.906. The molecule has 0 aliphatic carbocycles. The summed E-state index contributed by atoms with van der Waals surface area (Å²) in [6.45, 7) is 1.88. The van der Waals surface area contributed by atoms with Crippen LogP contribution in [-0.2, 0) is 4.79 Å². The number of aromatic nitrogens is 2. The van der Waals surface area contributed by atoms with Gasteiger partial charge in [0.15, 0.2) is 0 Å². The van der Waals surface area contributed by atoms with Crippen molar-refractivity contribution in [2.24, 2.45) is 0 Å². The van der Waals surface area contributed by atoms with Crippen molar-refractivity contribution >= 4 is 34.3 Å². The van der Waals surface area contributed by atoms with E-state index >= 15 is 0 Å². The first-order chi connectivity index (χ1) is 9.56. The van der Waals surface area contributed by atoms with Crippen LogP contribution in [0.3, 0.4) is 0 Å². The Labute approximate surface area is 119 Å². The number of amides is 1. The van der Waals surface area contributed by atoms with Gasteiger partial charge in [-0.15, -0.1) is 0 Å². The van der Waals surface area contributed by atoms with E-state index in [1.165, 1.54) is 24.2 Å². The molecule has 0 saturated carbocycles. The molecule has 1 aromatic carbocycles. The van der Waals surface area contributed by atoms with Crippen molar-refractivity contribution in [2.75, 3.05) is 11.6 Å². The van der Waals surface area contributed by atoms with E-state index in [2.05, 4.69) is 15.3 Å². The molecule has 20 heavy (non-hydrogen) atoms. The second-order valence-electron chi connectivity index (χ2n) is 4.20. The highest BCUT2D eigenvalue weighted by Crippen LogP contribution is 2.21. The van der Waals surface area contributed by atoms with E-state index in [9.17, 15) is 14.0 Å². The van der Waals surface area contributed by atoms with Gasteiger partial charge in [-0.25, -0.2) is 9.37 Å². The van der Waals surface area contributed by atoms with Gasteiger partial charge in [0, 0.05) is 6.07 Å². The molecule has 0 fully saturated rings. The molecule has 0 aliphatic rings. The smallest absolute Gasteiger partial charge is 0.258 e. The monoisotopic (exact) mass is 295 g/mol. The molecule has 0 radical (unpaired) electrons. The van der Waals surface area contributed by atoms with E-state index in [1.54, 1.807) is 0 Å². The second-order valence-corrected chi connectivity index (χ2v) is 5.24. The molecule has 2 N–H and O–H groups in total. The lowest BCUT2D eigenvalue weighted by molar-refractivity contribution is -0.115. The Balaban J connectivity index is 2.40. The fourth-order valence-electron chi connectivity index (χ4n) is 1.86. The van der Waals surface area contributed by atoms with Gasteiger partial charge in [0.2, 0.25) is 5.91 Å². The van der Waals surface area contributed by atoms with Crippen LogP contribution in [0.2, 0.25) is 0 Å². The van der Waals surface area contributed by atoms with E-state index in [-0.39, 0.29) is 33.3 Å². The van der Waals surface area contributed by atoms with Crippen molar-refractivity contribution in [1.82, 2.24) is 9.97 Å². The van der Waals surface area contributed by atoms with Gasteiger partial charge < -0.3 is 10.3 Å². The number of nitrogens with one attached hydrogen (secondary N) is 2. The minimum absolute atomic E-state index is 0.00602. The third-order valence-corrected chi connectivity index (χ3v) is 4.05. The summed E-state index contributed by atoms with van der Waals surface area (Å²) in [5.74, 6) is -0.890. The summed E-state index contributed by atoms with van der Waals surface area (Å²) in [5, 5.41) is 2.50. The molecule has 0 saturated heterocycles. The summed E-state index contributed by atoms with van der Waals surface area (Å²) in [5.41, 5.74) is -0.128. The van der Waals surface area contributed by atoms with Crippen LogP contribution in [0.4, 0.5) is 10.1 Å². The molecular formula is C13H14FN3O2S. The van der Waals surface area contributed by atoms with Gasteiger partial charge in [0.05, 0.1) is 28.2 Å². The van der Waals surface area contributed by atoms with Crippen LogP contribution in [0.5, 0.6) is 0 Å². The van der Waals surface area contributed by atoms with Crippen molar-refractivity contribution in [2.45, 2.75) is 18.6 Å². The Hall–Kier alpha value is -1.89. The number of thioether (sulfide) groups is 1. The number of hydrogen-bond donors (Lipinski definition) is 2. The Kier molecular flexibility index (Phi) is 4.39.